The molecule has 0 atom stereocenters. The van der Waals surface area contributed by atoms with E-state index in [1.165, 1.54) is 6.20 Å². The van der Waals surface area contributed by atoms with Gasteiger partial charge in [0.25, 0.3) is 12.0 Å². The van der Waals surface area contributed by atoms with Crippen molar-refractivity contribution in [1.29, 1.82) is 0 Å². The fourth-order valence-electron chi connectivity index (χ4n) is 4.19. The van der Waals surface area contributed by atoms with Crippen LogP contribution < -0.4 is 20.3 Å². The Bertz CT molecular complexity index is 1210. The number of rotatable bonds is 6. The van der Waals surface area contributed by atoms with Crippen LogP contribution in [0.15, 0.2) is 40.0 Å². The summed E-state index contributed by atoms with van der Waals surface area (Å²) in [6.45, 7) is 5.04. The third-order valence-electron chi connectivity index (χ3n) is 5.95. The zero-order valence-corrected chi connectivity index (χ0v) is 20.7. The van der Waals surface area contributed by atoms with E-state index in [9.17, 15) is 4.79 Å². The van der Waals surface area contributed by atoms with Crippen LogP contribution in [0.1, 0.15) is 18.5 Å². The summed E-state index contributed by atoms with van der Waals surface area (Å²) in [7, 11) is 0. The maximum atomic E-state index is 12.4. The van der Waals surface area contributed by atoms with Gasteiger partial charge in [0.1, 0.15) is 13.2 Å². The van der Waals surface area contributed by atoms with E-state index in [0.717, 1.165) is 59.7 Å². The molecule has 2 aliphatic heterocycles. The molecule has 12 heteroatoms. The molecule has 5 rings (SSSR count). The standard InChI is InChI=1S/C22H25BrN6O3.CH2O2/c23-15-9-18-22(26-11-15)27-14-21(30)29(18)6-5-28-3-1-16(2-4-28)24-12-17-10-19-20(13-25-17)32-8-7-31-19;2-1-3/h9-11,13-14,16,24H,1-8,12H2;1H,(H,2,3). The van der Waals surface area contributed by atoms with Crippen LogP contribution in [0.4, 0.5) is 0 Å². The molecule has 0 aromatic carbocycles. The second-order valence-electron chi connectivity index (χ2n) is 8.17. The highest BCUT2D eigenvalue weighted by molar-refractivity contribution is 9.10. The van der Waals surface area contributed by atoms with E-state index in [-0.39, 0.29) is 12.0 Å². The predicted molar refractivity (Wildman–Crippen MR) is 132 cm³/mol. The van der Waals surface area contributed by atoms with Gasteiger partial charge < -0.3 is 29.4 Å². The van der Waals surface area contributed by atoms with Gasteiger partial charge in [0.15, 0.2) is 17.1 Å². The van der Waals surface area contributed by atoms with Crippen LogP contribution in [0.25, 0.3) is 11.2 Å². The van der Waals surface area contributed by atoms with Crippen molar-refractivity contribution in [3.8, 4) is 11.5 Å². The monoisotopic (exact) mass is 546 g/mol. The van der Waals surface area contributed by atoms with Gasteiger partial charge in [-0.05, 0) is 47.9 Å². The third-order valence-corrected chi connectivity index (χ3v) is 6.39. The van der Waals surface area contributed by atoms with E-state index in [2.05, 4.69) is 41.1 Å². The van der Waals surface area contributed by atoms with Gasteiger partial charge in [-0.2, -0.15) is 0 Å². The van der Waals surface area contributed by atoms with Gasteiger partial charge in [-0.25, -0.2) is 9.97 Å². The number of likely N-dealkylation sites (tertiary alicyclic amines) is 1. The molecular weight excluding hydrogens is 520 g/mol. The minimum Gasteiger partial charge on any atom is -0.486 e. The Balaban J connectivity index is 0.000000917. The van der Waals surface area contributed by atoms with Gasteiger partial charge >= 0.3 is 0 Å². The molecule has 3 aromatic heterocycles. The normalized spacial score (nSPS) is 15.9. The fraction of sp³-hybridized carbons (Fsp3) is 0.435. The number of hydrogen-bond donors (Lipinski definition) is 2. The smallest absolute Gasteiger partial charge is 0.290 e. The highest BCUT2D eigenvalue weighted by Gasteiger charge is 2.20. The number of nitrogens with zero attached hydrogens (tertiary/aromatic N) is 5. The molecule has 0 aliphatic carbocycles. The zero-order chi connectivity index (χ0) is 24.6. The van der Waals surface area contributed by atoms with Crippen molar-refractivity contribution in [3.63, 3.8) is 0 Å². The fourth-order valence-corrected chi connectivity index (χ4v) is 4.51. The summed E-state index contributed by atoms with van der Waals surface area (Å²) < 4.78 is 13.8. The van der Waals surface area contributed by atoms with Gasteiger partial charge in [0.2, 0.25) is 0 Å². The molecule has 0 amide bonds. The molecule has 3 aromatic rings. The molecule has 2 N–H and O–H groups in total. The van der Waals surface area contributed by atoms with Gasteiger partial charge in [-0.3, -0.25) is 14.6 Å². The Labute approximate surface area is 210 Å². The first-order valence-electron chi connectivity index (χ1n) is 11.4. The van der Waals surface area contributed by atoms with E-state index in [0.29, 0.717) is 38.0 Å². The number of pyridine rings is 2. The summed E-state index contributed by atoms with van der Waals surface area (Å²) in [5.74, 6) is 1.50. The Kier molecular flexibility index (Phi) is 8.61. The molecule has 0 radical (unpaired) electrons. The number of halogens is 1. The number of fused-ring (bicyclic) bond motifs is 2. The van der Waals surface area contributed by atoms with Crippen molar-refractivity contribution >= 4 is 33.6 Å². The quantitative estimate of drug-likeness (QED) is 0.440. The van der Waals surface area contributed by atoms with E-state index in [1.54, 1.807) is 17.0 Å². The first-order chi connectivity index (χ1) is 17.1. The number of aromatic nitrogens is 4. The molecule has 2 aliphatic rings. The molecule has 11 nitrogen and oxygen atoms in total. The SMILES string of the molecule is O=CO.O=c1cnc2ncc(Br)cc2n1CCN1CCC(NCc2cc3c(cn2)OCCO3)CC1. The lowest BCUT2D eigenvalue weighted by Gasteiger charge is -2.32. The number of nitrogens with one attached hydrogen (secondary N) is 1. The van der Waals surface area contributed by atoms with Crippen LogP contribution in [-0.4, -0.2) is 74.9 Å². The summed E-state index contributed by atoms with van der Waals surface area (Å²) >= 11 is 3.43. The number of hydrogen-bond acceptors (Lipinski definition) is 9. The molecule has 186 valence electrons. The Morgan fingerprint density at radius 2 is 1.77 bits per heavy atom. The largest absolute Gasteiger partial charge is 0.486 e. The van der Waals surface area contributed by atoms with Crippen LogP contribution in [0.3, 0.4) is 0 Å². The maximum absolute atomic E-state index is 12.4. The van der Waals surface area contributed by atoms with Crippen molar-refractivity contribution in [1.82, 2.24) is 29.7 Å². The zero-order valence-electron chi connectivity index (χ0n) is 19.1. The van der Waals surface area contributed by atoms with Gasteiger partial charge in [0.05, 0.1) is 23.6 Å². The molecule has 0 saturated carbocycles. The first-order valence-corrected chi connectivity index (χ1v) is 12.2. The predicted octanol–water partition coefficient (Wildman–Crippen LogP) is 1.68. The van der Waals surface area contributed by atoms with Crippen molar-refractivity contribution in [2.45, 2.75) is 32.0 Å². The molecule has 0 bridgehead atoms. The van der Waals surface area contributed by atoms with E-state index >= 15 is 0 Å². The molecular formula is C23H27BrN6O5. The first kappa shape index (κ1) is 25.0. The number of carboxylic acid groups (broad SMARTS) is 1. The van der Waals surface area contributed by atoms with Crippen LogP contribution >= 0.6 is 15.9 Å². The maximum Gasteiger partial charge on any atom is 0.290 e. The number of ether oxygens (including phenoxy) is 2. The van der Waals surface area contributed by atoms with Crippen molar-refractivity contribution in [3.05, 3.63) is 51.2 Å². The van der Waals surface area contributed by atoms with Crippen molar-refractivity contribution in [2.75, 3.05) is 32.8 Å². The third kappa shape index (κ3) is 6.53. The molecule has 1 fully saturated rings. The average Bonchev–Trinajstić information content (AvgIpc) is 2.88. The minimum absolute atomic E-state index is 0.0964. The van der Waals surface area contributed by atoms with Crippen LogP contribution in [0.2, 0.25) is 0 Å². The van der Waals surface area contributed by atoms with Crippen LogP contribution in [0, 0.1) is 0 Å². The summed E-state index contributed by atoms with van der Waals surface area (Å²) in [5.41, 5.74) is 2.21. The summed E-state index contributed by atoms with van der Waals surface area (Å²) in [4.78, 5) is 36.1. The Morgan fingerprint density at radius 1 is 1.06 bits per heavy atom. The second kappa shape index (κ2) is 12.0. The van der Waals surface area contributed by atoms with Gasteiger partial charge in [-0.15, -0.1) is 0 Å². The Morgan fingerprint density at radius 3 is 2.54 bits per heavy atom. The summed E-state index contributed by atoms with van der Waals surface area (Å²) in [6, 6.07) is 4.31. The van der Waals surface area contributed by atoms with Crippen molar-refractivity contribution in [2.24, 2.45) is 0 Å². The highest BCUT2D eigenvalue weighted by atomic mass is 79.9. The number of piperidine rings is 1. The minimum atomic E-state index is -0.250. The molecule has 1 saturated heterocycles. The highest BCUT2D eigenvalue weighted by Crippen LogP contribution is 2.29. The van der Waals surface area contributed by atoms with Crippen LogP contribution in [-0.2, 0) is 17.9 Å². The molecule has 35 heavy (non-hydrogen) atoms. The van der Waals surface area contributed by atoms with Gasteiger partial charge in [0, 0.05) is 42.4 Å². The van der Waals surface area contributed by atoms with Gasteiger partial charge in [-0.1, -0.05) is 0 Å². The molecule has 5 heterocycles. The molecule has 0 unspecified atom stereocenters. The summed E-state index contributed by atoms with van der Waals surface area (Å²) in [6.07, 6.45) is 6.91. The van der Waals surface area contributed by atoms with E-state index in [1.807, 2.05) is 12.1 Å². The van der Waals surface area contributed by atoms with Crippen LogP contribution in [0.5, 0.6) is 11.5 Å². The summed E-state index contributed by atoms with van der Waals surface area (Å²) in [5, 5.41) is 10.5. The topological polar surface area (TPSA) is 132 Å². The Hall–Kier alpha value is -3.09. The lowest BCUT2D eigenvalue weighted by atomic mass is 10.0. The van der Waals surface area contributed by atoms with E-state index in [4.69, 9.17) is 19.4 Å². The average molecular weight is 547 g/mol. The lowest BCUT2D eigenvalue weighted by Crippen LogP contribution is -2.43. The molecule has 0 spiro atoms. The number of carbonyl (C=O) groups is 1. The second-order valence-corrected chi connectivity index (χ2v) is 9.08. The lowest BCUT2D eigenvalue weighted by molar-refractivity contribution is -0.122. The van der Waals surface area contributed by atoms with E-state index < -0.39 is 0 Å². The van der Waals surface area contributed by atoms with Crippen molar-refractivity contribution < 1.29 is 19.4 Å².